The minimum Gasteiger partial charge on any atom is -0.489 e. The van der Waals surface area contributed by atoms with E-state index in [1.165, 1.54) is 6.33 Å². The second kappa shape index (κ2) is 11.8. The zero-order valence-corrected chi connectivity index (χ0v) is 19.8. The maximum atomic E-state index is 12.0. The highest BCUT2D eigenvalue weighted by atomic mass is 16.5. The molecule has 0 aliphatic carbocycles. The van der Waals surface area contributed by atoms with Crippen molar-refractivity contribution in [2.45, 2.75) is 26.5 Å². The Morgan fingerprint density at radius 3 is 2.34 bits per heavy atom. The van der Waals surface area contributed by atoms with Crippen LogP contribution < -0.4 is 20.1 Å². The Labute approximate surface area is 205 Å². The van der Waals surface area contributed by atoms with Crippen LogP contribution in [0.25, 0.3) is 11.3 Å². The van der Waals surface area contributed by atoms with Crippen molar-refractivity contribution in [1.82, 2.24) is 15.3 Å². The molecule has 0 radical (unpaired) electrons. The Kier molecular flexibility index (Phi) is 8.04. The monoisotopic (exact) mass is 468 g/mol. The van der Waals surface area contributed by atoms with E-state index in [4.69, 9.17) is 9.47 Å². The van der Waals surface area contributed by atoms with Gasteiger partial charge >= 0.3 is 5.97 Å². The van der Waals surface area contributed by atoms with Crippen LogP contribution in [0.3, 0.4) is 0 Å². The summed E-state index contributed by atoms with van der Waals surface area (Å²) in [4.78, 5) is 20.8. The van der Waals surface area contributed by atoms with E-state index in [1.54, 1.807) is 19.1 Å². The Balaban J connectivity index is 1.36. The molecular weight excluding hydrogens is 440 g/mol. The molecule has 0 spiro atoms. The van der Waals surface area contributed by atoms with E-state index < -0.39 is 0 Å². The minimum absolute atomic E-state index is 0.315. The Morgan fingerprint density at radius 2 is 1.63 bits per heavy atom. The van der Waals surface area contributed by atoms with Crippen molar-refractivity contribution in [3.63, 3.8) is 0 Å². The third kappa shape index (κ3) is 6.88. The first-order valence-electron chi connectivity index (χ1n) is 11.5. The Bertz CT molecular complexity index is 1230. The van der Waals surface area contributed by atoms with Gasteiger partial charge in [-0.15, -0.1) is 0 Å². The summed E-state index contributed by atoms with van der Waals surface area (Å²) in [5.41, 5.74) is 3.69. The molecule has 1 aromatic heterocycles. The van der Waals surface area contributed by atoms with Crippen molar-refractivity contribution in [3.8, 4) is 22.8 Å². The van der Waals surface area contributed by atoms with Crippen LogP contribution in [0.1, 0.15) is 19.4 Å². The number of ether oxygens (including phenoxy) is 2. The number of nitrogens with one attached hydrogen (secondary N) is 2. The smallest absolute Gasteiger partial charge is 0.328 e. The number of aromatic nitrogens is 2. The number of esters is 1. The van der Waals surface area contributed by atoms with Crippen LogP contribution in [-0.2, 0) is 11.4 Å². The van der Waals surface area contributed by atoms with E-state index in [0.29, 0.717) is 24.7 Å². The van der Waals surface area contributed by atoms with E-state index >= 15 is 0 Å². The van der Waals surface area contributed by atoms with Crippen molar-refractivity contribution in [3.05, 3.63) is 96.8 Å². The first kappa shape index (κ1) is 23.9. The van der Waals surface area contributed by atoms with Gasteiger partial charge in [-0.2, -0.15) is 0 Å². The van der Waals surface area contributed by atoms with Gasteiger partial charge in [0.1, 0.15) is 36.3 Å². The predicted molar refractivity (Wildman–Crippen MR) is 137 cm³/mol. The number of likely N-dealkylation sites (N-methyl/N-ethyl adjacent to an activating group) is 1. The summed E-state index contributed by atoms with van der Waals surface area (Å²) in [6.45, 7) is 4.94. The van der Waals surface area contributed by atoms with Crippen molar-refractivity contribution < 1.29 is 14.3 Å². The second-order valence-electron chi connectivity index (χ2n) is 7.94. The molecule has 0 saturated carbocycles. The van der Waals surface area contributed by atoms with Crippen LogP contribution >= 0.6 is 0 Å². The molecule has 0 fully saturated rings. The van der Waals surface area contributed by atoms with Gasteiger partial charge in [-0.25, -0.2) is 14.8 Å². The highest BCUT2D eigenvalue weighted by molar-refractivity contribution is 5.78. The first-order valence-corrected chi connectivity index (χ1v) is 11.5. The molecule has 1 heterocycles. The quantitative estimate of drug-likeness (QED) is 0.239. The molecule has 0 aliphatic rings. The summed E-state index contributed by atoms with van der Waals surface area (Å²) >= 11 is 0. The van der Waals surface area contributed by atoms with Gasteiger partial charge in [-0.1, -0.05) is 37.3 Å². The maximum Gasteiger partial charge on any atom is 0.328 e. The minimum atomic E-state index is -0.360. The van der Waals surface area contributed by atoms with Crippen molar-refractivity contribution in [2.24, 2.45) is 0 Å². The second-order valence-corrected chi connectivity index (χ2v) is 7.94. The standard InChI is InChI=1S/C28H28N4O3/c1-3-29-20(2)28(33)35-25-15-11-23(12-16-25)32-27-17-26(30-19-31-27)22-9-13-24(14-10-22)34-18-21-7-5-4-6-8-21/h4-17,19-20,29H,3,18H2,1-2H3,(H,30,31,32)/t20-/m0/s1. The summed E-state index contributed by atoms with van der Waals surface area (Å²) in [7, 11) is 0. The van der Waals surface area contributed by atoms with Crippen LogP contribution in [0.5, 0.6) is 11.5 Å². The van der Waals surface area contributed by atoms with Crippen LogP contribution in [-0.4, -0.2) is 28.5 Å². The highest BCUT2D eigenvalue weighted by Gasteiger charge is 2.13. The van der Waals surface area contributed by atoms with Gasteiger partial charge in [0.05, 0.1) is 5.69 Å². The van der Waals surface area contributed by atoms with E-state index in [0.717, 1.165) is 28.3 Å². The molecule has 7 nitrogen and oxygen atoms in total. The molecule has 178 valence electrons. The van der Waals surface area contributed by atoms with Gasteiger partial charge in [-0.3, -0.25) is 0 Å². The summed E-state index contributed by atoms with van der Waals surface area (Å²) in [5, 5.41) is 6.30. The summed E-state index contributed by atoms with van der Waals surface area (Å²) < 4.78 is 11.3. The fourth-order valence-corrected chi connectivity index (χ4v) is 3.39. The fourth-order valence-electron chi connectivity index (χ4n) is 3.39. The normalized spacial score (nSPS) is 11.5. The number of benzene rings is 3. The van der Waals surface area contributed by atoms with E-state index in [2.05, 4.69) is 20.6 Å². The molecule has 4 aromatic rings. The first-order chi connectivity index (χ1) is 17.1. The third-order valence-corrected chi connectivity index (χ3v) is 5.27. The molecule has 3 aromatic carbocycles. The number of hydrogen-bond acceptors (Lipinski definition) is 7. The number of carbonyl (C=O) groups excluding carboxylic acids is 1. The van der Waals surface area contributed by atoms with Crippen LogP contribution in [0.2, 0.25) is 0 Å². The predicted octanol–water partition coefficient (Wildman–Crippen LogP) is 5.37. The molecule has 0 unspecified atom stereocenters. The fraction of sp³-hybridized carbons (Fsp3) is 0.179. The number of anilines is 2. The molecule has 0 saturated heterocycles. The summed E-state index contributed by atoms with van der Waals surface area (Å²) in [5.74, 6) is 1.63. The SMILES string of the molecule is CCN[C@@H](C)C(=O)Oc1ccc(Nc2cc(-c3ccc(OCc4ccccc4)cc3)ncn2)cc1. The molecule has 0 bridgehead atoms. The van der Waals surface area contributed by atoms with Gasteiger partial charge in [0.2, 0.25) is 0 Å². The molecule has 0 aliphatic heterocycles. The molecule has 4 rings (SSSR count). The van der Waals surface area contributed by atoms with Crippen molar-refractivity contribution in [1.29, 1.82) is 0 Å². The number of hydrogen-bond donors (Lipinski definition) is 2. The molecule has 35 heavy (non-hydrogen) atoms. The van der Waals surface area contributed by atoms with Crippen molar-refractivity contribution >= 4 is 17.5 Å². The van der Waals surface area contributed by atoms with Crippen LogP contribution in [0.15, 0.2) is 91.3 Å². The van der Waals surface area contributed by atoms with Gasteiger partial charge in [0, 0.05) is 17.3 Å². The van der Waals surface area contributed by atoms with Gasteiger partial charge < -0.3 is 20.1 Å². The van der Waals surface area contributed by atoms with Crippen LogP contribution in [0, 0.1) is 0 Å². The third-order valence-electron chi connectivity index (χ3n) is 5.27. The number of nitrogens with zero attached hydrogens (tertiary/aromatic N) is 2. The van der Waals surface area contributed by atoms with E-state index in [9.17, 15) is 4.79 Å². The molecule has 2 N–H and O–H groups in total. The number of carbonyl (C=O) groups is 1. The average Bonchev–Trinajstić information content (AvgIpc) is 2.90. The largest absolute Gasteiger partial charge is 0.489 e. The molecular formula is C28H28N4O3. The highest BCUT2D eigenvalue weighted by Crippen LogP contribution is 2.25. The number of rotatable bonds is 10. The average molecular weight is 469 g/mol. The lowest BCUT2D eigenvalue weighted by Crippen LogP contribution is -2.36. The molecule has 7 heteroatoms. The zero-order valence-electron chi connectivity index (χ0n) is 19.8. The van der Waals surface area contributed by atoms with Gasteiger partial charge in [0.15, 0.2) is 0 Å². The van der Waals surface area contributed by atoms with E-state index in [-0.39, 0.29) is 12.0 Å². The lowest BCUT2D eigenvalue weighted by molar-refractivity contribution is -0.136. The van der Waals surface area contributed by atoms with Gasteiger partial charge in [-0.05, 0) is 67.6 Å². The Morgan fingerprint density at radius 1 is 0.914 bits per heavy atom. The van der Waals surface area contributed by atoms with Crippen molar-refractivity contribution in [2.75, 3.05) is 11.9 Å². The molecule has 1 atom stereocenters. The Hall–Kier alpha value is -4.23. The summed E-state index contributed by atoms with van der Waals surface area (Å²) in [6, 6.07) is 26.6. The maximum absolute atomic E-state index is 12.0. The van der Waals surface area contributed by atoms with Crippen LogP contribution in [0.4, 0.5) is 11.5 Å². The summed E-state index contributed by atoms with van der Waals surface area (Å²) in [6.07, 6.45) is 1.52. The lowest BCUT2D eigenvalue weighted by atomic mass is 10.1. The van der Waals surface area contributed by atoms with E-state index in [1.807, 2.05) is 79.7 Å². The topological polar surface area (TPSA) is 85.4 Å². The molecule has 0 amide bonds. The van der Waals surface area contributed by atoms with Gasteiger partial charge in [0.25, 0.3) is 0 Å². The zero-order chi connectivity index (χ0) is 24.5. The lowest BCUT2D eigenvalue weighted by Gasteiger charge is -2.12.